The maximum atomic E-state index is 13.1. The van der Waals surface area contributed by atoms with Crippen molar-refractivity contribution in [2.24, 2.45) is 0 Å². The van der Waals surface area contributed by atoms with Gasteiger partial charge in [0.25, 0.3) is 11.8 Å². The minimum Gasteiger partial charge on any atom is -0.493 e. The van der Waals surface area contributed by atoms with E-state index in [-0.39, 0.29) is 11.8 Å². The van der Waals surface area contributed by atoms with E-state index in [1.807, 2.05) is 65.0 Å². The van der Waals surface area contributed by atoms with Crippen molar-refractivity contribution in [2.45, 2.75) is 46.6 Å². The van der Waals surface area contributed by atoms with Crippen LogP contribution in [0.15, 0.2) is 36.4 Å². The molecule has 142 valence electrons. The van der Waals surface area contributed by atoms with Crippen LogP contribution in [0.2, 0.25) is 0 Å². The van der Waals surface area contributed by atoms with Crippen molar-refractivity contribution in [3.8, 4) is 5.75 Å². The molecule has 2 aromatic rings. The summed E-state index contributed by atoms with van der Waals surface area (Å²) in [5, 5.41) is 1.41. The van der Waals surface area contributed by atoms with Crippen LogP contribution in [0, 0.1) is 13.8 Å². The number of fused-ring (bicyclic) bond motifs is 1. The lowest BCUT2D eigenvalue weighted by molar-refractivity contribution is 0.0358. The molecule has 0 aliphatic carbocycles. The molecule has 0 fully saturated rings. The van der Waals surface area contributed by atoms with Crippen molar-refractivity contribution in [2.75, 3.05) is 6.61 Å². The molecule has 2 aromatic carbocycles. The third-order valence-corrected chi connectivity index (χ3v) is 4.51. The highest BCUT2D eigenvalue weighted by atomic mass is 16.5. The Kier molecular flexibility index (Phi) is 4.96. The summed E-state index contributed by atoms with van der Waals surface area (Å²) in [6.07, 6.45) is 0.793. The third-order valence-electron chi connectivity index (χ3n) is 4.51. The number of carbonyl (C=O) groups excluding carboxylic acids is 2. The molecular weight excluding hydrogens is 340 g/mol. The molecule has 1 N–H and O–H groups in total. The number of hydrogen-bond donors (Lipinski definition) is 1. The second kappa shape index (κ2) is 7.06. The summed E-state index contributed by atoms with van der Waals surface area (Å²) in [5.41, 5.74) is 6.34. The first kappa shape index (κ1) is 19.0. The fourth-order valence-corrected chi connectivity index (χ4v) is 3.24. The third kappa shape index (κ3) is 4.13. The number of aryl methyl sites for hydroxylation is 2. The number of rotatable bonds is 2. The van der Waals surface area contributed by atoms with E-state index in [9.17, 15) is 9.59 Å². The normalized spacial score (nSPS) is 12.9. The van der Waals surface area contributed by atoms with Crippen LogP contribution < -0.4 is 10.2 Å². The molecule has 0 atom stereocenters. The molecule has 0 radical (unpaired) electrons. The first-order valence-electron chi connectivity index (χ1n) is 9.15. The van der Waals surface area contributed by atoms with Crippen LogP contribution in [0.25, 0.3) is 0 Å². The number of ether oxygens (including phenoxy) is 1. The van der Waals surface area contributed by atoms with Crippen molar-refractivity contribution < 1.29 is 14.3 Å². The predicted molar refractivity (Wildman–Crippen MR) is 105 cm³/mol. The average Bonchev–Trinajstić information content (AvgIpc) is 3.04. The van der Waals surface area contributed by atoms with E-state index in [4.69, 9.17) is 4.74 Å². The Morgan fingerprint density at radius 3 is 2.30 bits per heavy atom. The Morgan fingerprint density at radius 2 is 1.67 bits per heavy atom. The summed E-state index contributed by atoms with van der Waals surface area (Å²) >= 11 is 0. The Morgan fingerprint density at radius 1 is 1.00 bits per heavy atom. The predicted octanol–water partition coefficient (Wildman–Crippen LogP) is 3.82. The minimum absolute atomic E-state index is 0.229. The van der Waals surface area contributed by atoms with Gasteiger partial charge in [-0.1, -0.05) is 17.2 Å². The summed E-state index contributed by atoms with van der Waals surface area (Å²) in [6, 6.07) is 11.1. The SMILES string of the molecule is Cc1cc(C)cc(C(=O)N(NC(=O)c2ccc3c(c2)CCO3)C(C)(C)C)c1. The standard InChI is InChI=1S/C22H26N2O3/c1-14-10-15(2)12-18(11-14)21(26)24(22(3,4)5)23-20(25)17-6-7-19-16(13-17)8-9-27-19/h6-7,10-13H,8-9H2,1-5H3,(H,23,25). The number of benzene rings is 2. The van der Waals surface area contributed by atoms with E-state index in [0.717, 1.165) is 28.9 Å². The molecule has 27 heavy (non-hydrogen) atoms. The molecule has 0 saturated carbocycles. The van der Waals surface area contributed by atoms with E-state index < -0.39 is 5.54 Å². The Balaban J connectivity index is 1.87. The Labute approximate surface area is 160 Å². The van der Waals surface area contributed by atoms with Crippen LogP contribution in [-0.4, -0.2) is 29.0 Å². The van der Waals surface area contributed by atoms with Crippen LogP contribution >= 0.6 is 0 Å². The lowest BCUT2D eigenvalue weighted by Crippen LogP contribution is -2.55. The number of nitrogens with zero attached hydrogens (tertiary/aromatic N) is 1. The molecule has 5 nitrogen and oxygen atoms in total. The first-order chi connectivity index (χ1) is 12.6. The number of hydrogen-bond acceptors (Lipinski definition) is 3. The zero-order valence-corrected chi connectivity index (χ0v) is 16.6. The first-order valence-corrected chi connectivity index (χ1v) is 9.15. The van der Waals surface area contributed by atoms with Gasteiger partial charge in [0.15, 0.2) is 0 Å². The molecule has 0 spiro atoms. The fourth-order valence-electron chi connectivity index (χ4n) is 3.24. The zero-order valence-electron chi connectivity index (χ0n) is 16.6. The number of nitrogens with one attached hydrogen (secondary N) is 1. The highest BCUT2D eigenvalue weighted by molar-refractivity contribution is 5.99. The lowest BCUT2D eigenvalue weighted by Gasteiger charge is -2.35. The fraction of sp³-hybridized carbons (Fsp3) is 0.364. The van der Waals surface area contributed by atoms with Gasteiger partial charge in [-0.25, -0.2) is 5.01 Å². The van der Waals surface area contributed by atoms with Crippen molar-refractivity contribution in [3.05, 3.63) is 64.2 Å². The van der Waals surface area contributed by atoms with Crippen molar-refractivity contribution in [1.82, 2.24) is 10.4 Å². The van der Waals surface area contributed by atoms with Gasteiger partial charge in [-0.05, 0) is 70.5 Å². The van der Waals surface area contributed by atoms with Gasteiger partial charge in [0.05, 0.1) is 12.1 Å². The van der Waals surface area contributed by atoms with E-state index in [1.54, 1.807) is 6.07 Å². The van der Waals surface area contributed by atoms with Gasteiger partial charge in [-0.2, -0.15) is 0 Å². The molecule has 1 aliphatic rings. The second-order valence-electron chi connectivity index (χ2n) is 8.05. The molecule has 0 unspecified atom stereocenters. The summed E-state index contributed by atoms with van der Waals surface area (Å²) < 4.78 is 5.49. The maximum absolute atomic E-state index is 13.1. The quantitative estimate of drug-likeness (QED) is 0.822. The summed E-state index contributed by atoms with van der Waals surface area (Å²) in [4.78, 5) is 26.0. The minimum atomic E-state index is -0.579. The highest BCUT2D eigenvalue weighted by Gasteiger charge is 2.30. The topological polar surface area (TPSA) is 58.6 Å². The molecule has 1 aliphatic heterocycles. The van der Waals surface area contributed by atoms with Crippen molar-refractivity contribution >= 4 is 11.8 Å². The highest BCUT2D eigenvalue weighted by Crippen LogP contribution is 2.26. The molecule has 1 heterocycles. The molecule has 0 saturated heterocycles. The maximum Gasteiger partial charge on any atom is 0.272 e. The van der Waals surface area contributed by atoms with Gasteiger partial charge in [-0.15, -0.1) is 0 Å². The summed E-state index contributed by atoms with van der Waals surface area (Å²) in [5.74, 6) is 0.287. The Hall–Kier alpha value is -2.82. The number of hydrazine groups is 1. The van der Waals surface area contributed by atoms with Crippen LogP contribution in [0.4, 0.5) is 0 Å². The van der Waals surface area contributed by atoms with E-state index >= 15 is 0 Å². The number of carbonyl (C=O) groups is 2. The molecule has 3 rings (SSSR count). The second-order valence-corrected chi connectivity index (χ2v) is 8.05. The van der Waals surface area contributed by atoms with Crippen LogP contribution in [0.3, 0.4) is 0 Å². The van der Waals surface area contributed by atoms with Gasteiger partial charge in [0.1, 0.15) is 5.75 Å². The zero-order chi connectivity index (χ0) is 19.8. The lowest BCUT2D eigenvalue weighted by atomic mass is 10.0. The van der Waals surface area contributed by atoms with Gasteiger partial charge >= 0.3 is 0 Å². The van der Waals surface area contributed by atoms with Gasteiger partial charge in [-0.3, -0.25) is 15.0 Å². The summed E-state index contributed by atoms with van der Waals surface area (Å²) in [7, 11) is 0. The average molecular weight is 366 g/mol. The van der Waals surface area contributed by atoms with Gasteiger partial charge in [0, 0.05) is 17.5 Å². The van der Waals surface area contributed by atoms with Gasteiger partial charge in [0.2, 0.25) is 0 Å². The molecule has 2 amide bonds. The van der Waals surface area contributed by atoms with Gasteiger partial charge < -0.3 is 4.74 Å². The van der Waals surface area contributed by atoms with Crippen LogP contribution in [0.1, 0.15) is 58.2 Å². The van der Waals surface area contributed by atoms with E-state index in [1.165, 1.54) is 5.01 Å². The molecule has 0 aromatic heterocycles. The monoisotopic (exact) mass is 366 g/mol. The molecule has 0 bridgehead atoms. The molecular formula is C22H26N2O3. The smallest absolute Gasteiger partial charge is 0.272 e. The van der Waals surface area contributed by atoms with E-state index in [0.29, 0.717) is 17.7 Å². The largest absolute Gasteiger partial charge is 0.493 e. The van der Waals surface area contributed by atoms with Crippen LogP contribution in [-0.2, 0) is 6.42 Å². The number of amides is 2. The van der Waals surface area contributed by atoms with Crippen LogP contribution in [0.5, 0.6) is 5.75 Å². The molecule has 5 heteroatoms. The van der Waals surface area contributed by atoms with E-state index in [2.05, 4.69) is 5.43 Å². The van der Waals surface area contributed by atoms with Crippen molar-refractivity contribution in [3.63, 3.8) is 0 Å². The summed E-state index contributed by atoms with van der Waals surface area (Å²) in [6.45, 7) is 10.2. The van der Waals surface area contributed by atoms with Crippen molar-refractivity contribution in [1.29, 1.82) is 0 Å². The Bertz CT molecular complexity index is 877.